The average molecular weight is 431 g/mol. The molecule has 1 fully saturated rings. The molecule has 0 heterocycles. The first kappa shape index (κ1) is 22.0. The van der Waals surface area contributed by atoms with E-state index >= 15 is 0 Å². The molecule has 0 spiro atoms. The summed E-state index contributed by atoms with van der Waals surface area (Å²) in [5.74, 6) is 1.01. The Morgan fingerprint density at radius 1 is 0.800 bits per heavy atom. The summed E-state index contributed by atoms with van der Waals surface area (Å²) >= 11 is 5.83. The van der Waals surface area contributed by atoms with E-state index in [2.05, 4.69) is 10.6 Å². The molecule has 2 aromatic carbocycles. The van der Waals surface area contributed by atoms with Crippen molar-refractivity contribution < 1.29 is 19.1 Å². The highest BCUT2D eigenvalue weighted by Gasteiger charge is 2.23. The van der Waals surface area contributed by atoms with Gasteiger partial charge in [0.05, 0.1) is 0 Å². The summed E-state index contributed by atoms with van der Waals surface area (Å²) in [5.41, 5.74) is 1.15. The van der Waals surface area contributed by atoms with Gasteiger partial charge in [-0.15, -0.1) is 0 Å². The SMILES string of the molecule is Cc1ccc(OCC(=O)N[C@H]2CC[C@H](NC(=O)COc3ccc(Cl)cc3)CC2)cc1. The van der Waals surface area contributed by atoms with Crippen LogP contribution in [0.3, 0.4) is 0 Å². The minimum Gasteiger partial charge on any atom is -0.484 e. The fraction of sp³-hybridized carbons (Fsp3) is 0.391. The van der Waals surface area contributed by atoms with E-state index in [-0.39, 0.29) is 37.1 Å². The van der Waals surface area contributed by atoms with E-state index < -0.39 is 0 Å². The number of carbonyl (C=O) groups excluding carboxylic acids is 2. The Labute approximate surface area is 181 Å². The summed E-state index contributed by atoms with van der Waals surface area (Å²) < 4.78 is 11.0. The van der Waals surface area contributed by atoms with Gasteiger partial charge in [-0.05, 0) is 69.0 Å². The number of nitrogens with one attached hydrogen (secondary N) is 2. The normalized spacial score (nSPS) is 18.3. The fourth-order valence-corrected chi connectivity index (χ4v) is 3.51. The molecule has 30 heavy (non-hydrogen) atoms. The van der Waals surface area contributed by atoms with Crippen LogP contribution in [0.1, 0.15) is 31.2 Å². The van der Waals surface area contributed by atoms with Crippen molar-refractivity contribution in [1.82, 2.24) is 10.6 Å². The van der Waals surface area contributed by atoms with E-state index in [1.54, 1.807) is 24.3 Å². The van der Waals surface area contributed by atoms with Crippen molar-refractivity contribution >= 4 is 23.4 Å². The van der Waals surface area contributed by atoms with Crippen LogP contribution in [0.25, 0.3) is 0 Å². The predicted octanol–water partition coefficient (Wildman–Crippen LogP) is 3.65. The molecule has 2 amide bonds. The lowest BCUT2D eigenvalue weighted by Gasteiger charge is -2.29. The highest BCUT2D eigenvalue weighted by Crippen LogP contribution is 2.19. The van der Waals surface area contributed by atoms with E-state index in [1.807, 2.05) is 31.2 Å². The average Bonchev–Trinajstić information content (AvgIpc) is 2.74. The molecule has 0 atom stereocenters. The maximum atomic E-state index is 12.1. The summed E-state index contributed by atoms with van der Waals surface area (Å²) in [7, 11) is 0. The number of halogens is 1. The molecule has 0 aliphatic heterocycles. The van der Waals surface area contributed by atoms with Gasteiger partial charge >= 0.3 is 0 Å². The van der Waals surface area contributed by atoms with Crippen LogP contribution in [-0.2, 0) is 9.59 Å². The molecule has 7 heteroatoms. The van der Waals surface area contributed by atoms with E-state index in [1.165, 1.54) is 0 Å². The minimum absolute atomic E-state index is 0.00175. The first-order valence-corrected chi connectivity index (χ1v) is 10.5. The third kappa shape index (κ3) is 7.26. The first-order valence-electron chi connectivity index (χ1n) is 10.1. The highest BCUT2D eigenvalue weighted by atomic mass is 35.5. The Kier molecular flexibility index (Phi) is 7.97. The van der Waals surface area contributed by atoms with E-state index in [0.29, 0.717) is 16.5 Å². The smallest absolute Gasteiger partial charge is 0.258 e. The standard InChI is InChI=1S/C23H27ClN2O4/c1-16-2-10-20(11-3-16)29-14-22(27)25-18-6-8-19(9-7-18)26-23(28)15-30-21-12-4-17(24)5-13-21/h2-5,10-13,18-19H,6-9,14-15H2,1H3,(H,25,27)(H,26,28)/t18-,19-. The summed E-state index contributed by atoms with van der Waals surface area (Å²) in [6, 6.07) is 14.7. The number of aryl methyl sites for hydroxylation is 1. The minimum atomic E-state index is -0.149. The Hall–Kier alpha value is -2.73. The zero-order valence-corrected chi connectivity index (χ0v) is 17.8. The van der Waals surface area contributed by atoms with Gasteiger partial charge in [0.15, 0.2) is 13.2 Å². The van der Waals surface area contributed by atoms with Crippen molar-refractivity contribution in [3.05, 3.63) is 59.1 Å². The molecule has 2 N–H and O–H groups in total. The molecular formula is C23H27ClN2O4. The third-order valence-electron chi connectivity index (χ3n) is 5.03. The summed E-state index contributed by atoms with van der Waals surface area (Å²) in [6.45, 7) is 1.97. The Bertz CT molecular complexity index is 760. The van der Waals surface area contributed by atoms with Crippen molar-refractivity contribution in [1.29, 1.82) is 0 Å². The summed E-state index contributed by atoms with van der Waals surface area (Å²) in [5, 5.41) is 6.63. The molecule has 1 saturated carbocycles. The molecule has 0 unspecified atom stereocenters. The number of rotatable bonds is 8. The van der Waals surface area contributed by atoms with Crippen LogP contribution in [0.15, 0.2) is 48.5 Å². The second-order valence-corrected chi connectivity index (χ2v) is 7.96. The van der Waals surface area contributed by atoms with Crippen molar-refractivity contribution in [2.45, 2.75) is 44.7 Å². The molecule has 6 nitrogen and oxygen atoms in total. The Morgan fingerprint density at radius 3 is 1.63 bits per heavy atom. The van der Waals surface area contributed by atoms with Gasteiger partial charge < -0.3 is 20.1 Å². The molecule has 0 saturated heterocycles. The third-order valence-corrected chi connectivity index (χ3v) is 5.28. The van der Waals surface area contributed by atoms with Crippen molar-refractivity contribution in [2.24, 2.45) is 0 Å². The van der Waals surface area contributed by atoms with Crippen LogP contribution in [0, 0.1) is 6.92 Å². The lowest BCUT2D eigenvalue weighted by Crippen LogP contribution is -2.45. The van der Waals surface area contributed by atoms with Gasteiger partial charge in [-0.1, -0.05) is 29.3 Å². The van der Waals surface area contributed by atoms with Gasteiger partial charge in [0.25, 0.3) is 11.8 Å². The molecule has 0 radical (unpaired) electrons. The number of carbonyl (C=O) groups is 2. The second kappa shape index (κ2) is 10.9. The fourth-order valence-electron chi connectivity index (χ4n) is 3.38. The van der Waals surface area contributed by atoms with Gasteiger partial charge in [0.2, 0.25) is 0 Å². The van der Waals surface area contributed by atoms with Gasteiger partial charge in [0.1, 0.15) is 11.5 Å². The zero-order chi connectivity index (χ0) is 21.3. The molecule has 0 aromatic heterocycles. The van der Waals surface area contributed by atoms with Crippen molar-refractivity contribution in [3.8, 4) is 11.5 Å². The van der Waals surface area contributed by atoms with Crippen molar-refractivity contribution in [2.75, 3.05) is 13.2 Å². The van der Waals surface area contributed by atoms with Gasteiger partial charge in [-0.25, -0.2) is 0 Å². The number of hydrogen-bond donors (Lipinski definition) is 2. The van der Waals surface area contributed by atoms with Crippen LogP contribution in [0.4, 0.5) is 0 Å². The topological polar surface area (TPSA) is 76.7 Å². The number of benzene rings is 2. The highest BCUT2D eigenvalue weighted by molar-refractivity contribution is 6.30. The second-order valence-electron chi connectivity index (χ2n) is 7.53. The van der Waals surface area contributed by atoms with Crippen LogP contribution < -0.4 is 20.1 Å². The predicted molar refractivity (Wildman–Crippen MR) is 116 cm³/mol. The van der Waals surface area contributed by atoms with Gasteiger partial charge in [0, 0.05) is 17.1 Å². The lowest BCUT2D eigenvalue weighted by atomic mass is 9.91. The summed E-state index contributed by atoms with van der Waals surface area (Å²) in [4.78, 5) is 24.2. The van der Waals surface area contributed by atoms with Gasteiger partial charge in [-0.3, -0.25) is 9.59 Å². The first-order chi connectivity index (χ1) is 14.5. The zero-order valence-electron chi connectivity index (χ0n) is 17.0. The lowest BCUT2D eigenvalue weighted by molar-refractivity contribution is -0.125. The van der Waals surface area contributed by atoms with E-state index in [4.69, 9.17) is 21.1 Å². The van der Waals surface area contributed by atoms with E-state index in [9.17, 15) is 9.59 Å². The molecule has 1 aliphatic rings. The molecule has 2 aromatic rings. The maximum Gasteiger partial charge on any atom is 0.258 e. The molecule has 1 aliphatic carbocycles. The Balaban J connectivity index is 1.31. The number of ether oxygens (including phenoxy) is 2. The molecule has 160 valence electrons. The van der Waals surface area contributed by atoms with E-state index in [0.717, 1.165) is 31.2 Å². The molecule has 3 rings (SSSR count). The Morgan fingerprint density at radius 2 is 1.20 bits per heavy atom. The van der Waals surface area contributed by atoms with Crippen LogP contribution in [0.2, 0.25) is 5.02 Å². The van der Waals surface area contributed by atoms with Crippen LogP contribution >= 0.6 is 11.6 Å². The monoisotopic (exact) mass is 430 g/mol. The number of amides is 2. The maximum absolute atomic E-state index is 12.1. The van der Waals surface area contributed by atoms with Crippen LogP contribution in [-0.4, -0.2) is 37.1 Å². The largest absolute Gasteiger partial charge is 0.484 e. The van der Waals surface area contributed by atoms with Gasteiger partial charge in [-0.2, -0.15) is 0 Å². The molecular weight excluding hydrogens is 404 g/mol. The number of hydrogen-bond acceptors (Lipinski definition) is 4. The summed E-state index contributed by atoms with van der Waals surface area (Å²) in [6.07, 6.45) is 3.27. The van der Waals surface area contributed by atoms with Crippen LogP contribution in [0.5, 0.6) is 11.5 Å². The van der Waals surface area contributed by atoms with Crippen molar-refractivity contribution in [3.63, 3.8) is 0 Å². The molecule has 0 bridgehead atoms. The quantitative estimate of drug-likeness (QED) is 0.670.